The van der Waals surface area contributed by atoms with E-state index >= 15 is 0 Å². The van der Waals surface area contributed by atoms with Gasteiger partial charge in [0.15, 0.2) is 6.04 Å². The van der Waals surface area contributed by atoms with E-state index in [1.807, 2.05) is 37.4 Å². The Kier molecular flexibility index (Phi) is 6.45. The average Bonchev–Trinajstić information content (AvgIpc) is 2.69. The molecule has 0 saturated heterocycles. The lowest BCUT2D eigenvalue weighted by Crippen LogP contribution is -2.92. The number of amides is 1. The van der Waals surface area contributed by atoms with Gasteiger partial charge in [-0.05, 0) is 32.0 Å². The molecule has 0 aliphatic rings. The largest absolute Gasteiger partial charge is 0.326 e. The standard InChI is InChI=1S/C23H22ClFN2O/c1-15-8-10-18(11-9-15)22(17-6-4-3-5-7-17)26-16(2)23(28)27-21-13-12-19(25)14-20(21)24/h3-14,16,22,26H,1-2H3,(H,27,28)/p+1/t16-,22-/m1/s1. The molecular weight excluding hydrogens is 375 g/mol. The molecule has 0 bridgehead atoms. The van der Waals surface area contributed by atoms with Crippen LogP contribution in [0.4, 0.5) is 10.1 Å². The molecule has 144 valence electrons. The van der Waals surface area contributed by atoms with Crippen LogP contribution in [0.1, 0.15) is 29.7 Å². The molecule has 0 spiro atoms. The molecule has 3 N–H and O–H groups in total. The van der Waals surface area contributed by atoms with Crippen molar-refractivity contribution in [2.45, 2.75) is 25.9 Å². The number of carbonyl (C=O) groups excluding carboxylic acids is 1. The molecule has 3 rings (SSSR count). The fraction of sp³-hybridized carbons (Fsp3) is 0.174. The third-order valence-electron chi connectivity index (χ3n) is 4.68. The summed E-state index contributed by atoms with van der Waals surface area (Å²) in [5.74, 6) is -0.632. The Balaban J connectivity index is 1.79. The molecule has 0 saturated carbocycles. The maximum Gasteiger partial charge on any atom is 0.282 e. The molecular formula is C23H23ClFN2O+. The molecule has 0 aromatic heterocycles. The number of hydrogen-bond donors (Lipinski definition) is 2. The highest BCUT2D eigenvalue weighted by molar-refractivity contribution is 6.33. The lowest BCUT2D eigenvalue weighted by Gasteiger charge is -2.21. The molecule has 5 heteroatoms. The van der Waals surface area contributed by atoms with Gasteiger partial charge in [0.05, 0.1) is 10.7 Å². The number of halogens is 2. The lowest BCUT2D eigenvalue weighted by molar-refractivity contribution is -0.704. The second kappa shape index (κ2) is 9.00. The zero-order chi connectivity index (χ0) is 20.1. The van der Waals surface area contributed by atoms with Crippen molar-refractivity contribution in [3.63, 3.8) is 0 Å². The van der Waals surface area contributed by atoms with E-state index in [1.165, 1.54) is 23.8 Å². The summed E-state index contributed by atoms with van der Waals surface area (Å²) in [5.41, 5.74) is 3.83. The first-order valence-corrected chi connectivity index (χ1v) is 9.54. The Morgan fingerprint density at radius 1 is 1.00 bits per heavy atom. The van der Waals surface area contributed by atoms with Crippen molar-refractivity contribution in [2.24, 2.45) is 0 Å². The third kappa shape index (κ3) is 4.97. The van der Waals surface area contributed by atoms with Crippen LogP contribution in [0.5, 0.6) is 0 Å². The molecule has 3 nitrogen and oxygen atoms in total. The summed E-state index contributed by atoms with van der Waals surface area (Å²) in [7, 11) is 0. The SMILES string of the molecule is Cc1ccc([C@H]([NH2+][C@H](C)C(=O)Nc2ccc(F)cc2Cl)c2ccccc2)cc1. The highest BCUT2D eigenvalue weighted by Gasteiger charge is 2.25. The first-order chi connectivity index (χ1) is 13.4. The van der Waals surface area contributed by atoms with E-state index in [-0.39, 0.29) is 23.0 Å². The molecule has 0 unspecified atom stereocenters. The third-order valence-corrected chi connectivity index (χ3v) is 4.99. The van der Waals surface area contributed by atoms with Gasteiger partial charge in [-0.3, -0.25) is 4.79 Å². The van der Waals surface area contributed by atoms with Crippen LogP contribution in [0.3, 0.4) is 0 Å². The minimum absolute atomic E-state index is 0.0220. The van der Waals surface area contributed by atoms with Crippen LogP contribution in [0, 0.1) is 12.7 Å². The van der Waals surface area contributed by atoms with Crippen LogP contribution in [-0.4, -0.2) is 11.9 Å². The van der Waals surface area contributed by atoms with Crippen molar-refractivity contribution in [2.75, 3.05) is 5.32 Å². The van der Waals surface area contributed by atoms with Gasteiger partial charge in [0, 0.05) is 11.1 Å². The summed E-state index contributed by atoms with van der Waals surface area (Å²) in [6.45, 7) is 3.89. The van der Waals surface area contributed by atoms with Gasteiger partial charge in [-0.15, -0.1) is 0 Å². The second-order valence-corrected chi connectivity index (χ2v) is 7.30. The maximum atomic E-state index is 13.2. The summed E-state index contributed by atoms with van der Waals surface area (Å²) < 4.78 is 13.2. The van der Waals surface area contributed by atoms with Crippen LogP contribution < -0.4 is 10.6 Å². The minimum atomic E-state index is -0.439. The summed E-state index contributed by atoms with van der Waals surface area (Å²) in [5, 5.41) is 4.99. The summed E-state index contributed by atoms with van der Waals surface area (Å²) in [6.07, 6.45) is 0. The van der Waals surface area contributed by atoms with Crippen molar-refractivity contribution in [1.29, 1.82) is 0 Å². The molecule has 0 aliphatic carbocycles. The Labute approximate surface area is 169 Å². The average molecular weight is 398 g/mol. The number of rotatable bonds is 6. The van der Waals surface area contributed by atoms with E-state index in [1.54, 1.807) is 0 Å². The smallest absolute Gasteiger partial charge is 0.282 e. The van der Waals surface area contributed by atoms with E-state index in [0.717, 1.165) is 11.1 Å². The molecule has 28 heavy (non-hydrogen) atoms. The van der Waals surface area contributed by atoms with Gasteiger partial charge in [0.1, 0.15) is 11.9 Å². The zero-order valence-corrected chi connectivity index (χ0v) is 16.6. The molecule has 0 radical (unpaired) electrons. The van der Waals surface area contributed by atoms with Crippen LogP contribution in [-0.2, 0) is 4.79 Å². The van der Waals surface area contributed by atoms with E-state index in [0.29, 0.717) is 5.69 Å². The Bertz CT molecular complexity index is 945. The van der Waals surface area contributed by atoms with Crippen molar-refractivity contribution < 1.29 is 14.5 Å². The van der Waals surface area contributed by atoms with Gasteiger partial charge >= 0.3 is 0 Å². The monoisotopic (exact) mass is 397 g/mol. The number of aryl methyl sites for hydroxylation is 1. The first-order valence-electron chi connectivity index (χ1n) is 9.16. The van der Waals surface area contributed by atoms with Gasteiger partial charge < -0.3 is 10.6 Å². The van der Waals surface area contributed by atoms with E-state index in [2.05, 4.69) is 41.7 Å². The fourth-order valence-electron chi connectivity index (χ4n) is 3.06. The first kappa shape index (κ1) is 20.1. The molecule has 3 aromatic rings. The lowest BCUT2D eigenvalue weighted by atomic mass is 9.97. The van der Waals surface area contributed by atoms with Gasteiger partial charge in [-0.25, -0.2) is 4.39 Å². The normalized spacial score (nSPS) is 13.0. The number of hydrogen-bond acceptors (Lipinski definition) is 1. The van der Waals surface area contributed by atoms with E-state index < -0.39 is 5.82 Å². The highest BCUT2D eigenvalue weighted by Crippen LogP contribution is 2.23. The van der Waals surface area contributed by atoms with Crippen LogP contribution >= 0.6 is 11.6 Å². The summed E-state index contributed by atoms with van der Waals surface area (Å²) in [4.78, 5) is 12.7. The van der Waals surface area contributed by atoms with Crippen molar-refractivity contribution >= 4 is 23.2 Å². The Morgan fingerprint density at radius 2 is 1.64 bits per heavy atom. The summed E-state index contributed by atoms with van der Waals surface area (Å²) >= 11 is 6.03. The molecule has 0 fully saturated rings. The predicted octanol–water partition coefficient (Wildman–Crippen LogP) is 4.47. The predicted molar refractivity (Wildman–Crippen MR) is 111 cm³/mol. The van der Waals surface area contributed by atoms with Crippen LogP contribution in [0.25, 0.3) is 0 Å². The van der Waals surface area contributed by atoms with Gasteiger partial charge in [0.25, 0.3) is 5.91 Å². The van der Waals surface area contributed by atoms with E-state index in [4.69, 9.17) is 11.6 Å². The molecule has 0 aliphatic heterocycles. The van der Waals surface area contributed by atoms with Gasteiger partial charge in [-0.2, -0.15) is 0 Å². The number of carbonyl (C=O) groups is 1. The van der Waals surface area contributed by atoms with Crippen molar-refractivity contribution in [3.05, 3.63) is 100 Å². The van der Waals surface area contributed by atoms with Crippen molar-refractivity contribution in [3.8, 4) is 0 Å². The molecule has 2 atom stereocenters. The number of nitrogens with two attached hydrogens (primary N) is 1. The van der Waals surface area contributed by atoms with Crippen LogP contribution in [0.2, 0.25) is 5.02 Å². The second-order valence-electron chi connectivity index (χ2n) is 6.89. The fourth-order valence-corrected chi connectivity index (χ4v) is 3.28. The van der Waals surface area contributed by atoms with E-state index in [9.17, 15) is 9.18 Å². The number of quaternary nitrogens is 1. The molecule has 1 amide bonds. The number of anilines is 1. The quantitative estimate of drug-likeness (QED) is 0.633. The topological polar surface area (TPSA) is 45.7 Å². The zero-order valence-electron chi connectivity index (χ0n) is 15.8. The number of nitrogens with one attached hydrogen (secondary N) is 1. The van der Waals surface area contributed by atoms with Gasteiger partial charge in [0.2, 0.25) is 0 Å². The molecule has 0 heterocycles. The molecule has 3 aromatic carbocycles. The minimum Gasteiger partial charge on any atom is -0.326 e. The Hall–Kier alpha value is -2.69. The highest BCUT2D eigenvalue weighted by atomic mass is 35.5. The van der Waals surface area contributed by atoms with Crippen LogP contribution in [0.15, 0.2) is 72.8 Å². The number of benzene rings is 3. The van der Waals surface area contributed by atoms with Gasteiger partial charge in [-0.1, -0.05) is 71.8 Å². The Morgan fingerprint density at radius 3 is 2.29 bits per heavy atom. The summed E-state index contributed by atoms with van der Waals surface area (Å²) in [6, 6.07) is 21.9. The van der Waals surface area contributed by atoms with Crippen molar-refractivity contribution in [1.82, 2.24) is 0 Å². The maximum absolute atomic E-state index is 13.2.